The lowest BCUT2D eigenvalue weighted by Crippen LogP contribution is -2.26. The molecule has 2 atom stereocenters. The van der Waals surface area contributed by atoms with E-state index in [0.29, 0.717) is 6.42 Å². The lowest BCUT2D eigenvalue weighted by molar-refractivity contribution is 0.184. The van der Waals surface area contributed by atoms with Crippen LogP contribution in [0.15, 0.2) is 42.7 Å². The minimum atomic E-state index is -0.288. The SMILES string of the molecule is [2H]C(Cc1ccccc1)[C@@H](N(C)C)n1ccnn1. The van der Waals surface area contributed by atoms with Crippen molar-refractivity contribution in [1.29, 1.82) is 0 Å². The number of nitrogens with zero attached hydrogens (tertiary/aromatic N) is 4. The normalized spacial score (nSPS) is 15.6. The van der Waals surface area contributed by atoms with Crippen molar-refractivity contribution in [3.8, 4) is 0 Å². The summed E-state index contributed by atoms with van der Waals surface area (Å²) >= 11 is 0. The summed E-state index contributed by atoms with van der Waals surface area (Å²) in [5.41, 5.74) is 1.17. The van der Waals surface area contributed by atoms with Crippen molar-refractivity contribution >= 4 is 0 Å². The van der Waals surface area contributed by atoms with Gasteiger partial charge in [-0.2, -0.15) is 0 Å². The average molecular weight is 231 g/mol. The lowest BCUT2D eigenvalue weighted by atomic mass is 10.1. The fraction of sp³-hybridized carbons (Fsp3) is 0.385. The van der Waals surface area contributed by atoms with Gasteiger partial charge in [0.2, 0.25) is 0 Å². The van der Waals surface area contributed by atoms with Gasteiger partial charge in [0.1, 0.15) is 6.17 Å². The molecule has 1 heterocycles. The van der Waals surface area contributed by atoms with E-state index in [1.165, 1.54) is 5.56 Å². The van der Waals surface area contributed by atoms with Gasteiger partial charge in [0.25, 0.3) is 0 Å². The highest BCUT2D eigenvalue weighted by Gasteiger charge is 2.13. The van der Waals surface area contributed by atoms with Crippen LogP contribution in [0.25, 0.3) is 0 Å². The Morgan fingerprint density at radius 3 is 2.71 bits per heavy atom. The van der Waals surface area contributed by atoms with E-state index in [4.69, 9.17) is 1.37 Å². The Hall–Kier alpha value is -1.68. The molecule has 0 aliphatic rings. The van der Waals surface area contributed by atoms with Crippen LogP contribution in [-0.2, 0) is 6.42 Å². The molecule has 0 fully saturated rings. The van der Waals surface area contributed by atoms with E-state index in [1.54, 1.807) is 17.1 Å². The Balaban J connectivity index is 2.12. The van der Waals surface area contributed by atoms with Crippen molar-refractivity contribution in [2.24, 2.45) is 0 Å². The molecule has 2 aromatic rings. The van der Waals surface area contributed by atoms with Gasteiger partial charge in [-0.1, -0.05) is 35.5 Å². The first-order valence-electron chi connectivity index (χ1n) is 6.24. The zero-order valence-corrected chi connectivity index (χ0v) is 10.2. The standard InChI is InChI=1S/C13H18N4/c1-16(2)13(17-11-10-14-15-17)9-8-12-6-4-3-5-7-12/h3-7,10-11,13H,8-9H2,1-2H3/t13-/m0/s1/i9D/t9?,13-. The minimum absolute atomic E-state index is 0.104. The van der Waals surface area contributed by atoms with Gasteiger partial charge in [-0.25, -0.2) is 4.68 Å². The fourth-order valence-corrected chi connectivity index (χ4v) is 1.77. The lowest BCUT2D eigenvalue weighted by Gasteiger charge is -2.24. The zero-order valence-electron chi connectivity index (χ0n) is 11.2. The molecule has 2 rings (SSSR count). The van der Waals surface area contributed by atoms with Crippen molar-refractivity contribution < 1.29 is 1.37 Å². The van der Waals surface area contributed by atoms with Gasteiger partial charge in [0.15, 0.2) is 0 Å². The highest BCUT2D eigenvalue weighted by atomic mass is 15.5. The first kappa shape index (κ1) is 10.5. The van der Waals surface area contributed by atoms with Crippen LogP contribution in [0.1, 0.15) is 19.5 Å². The van der Waals surface area contributed by atoms with Crippen LogP contribution in [0.5, 0.6) is 0 Å². The van der Waals surface area contributed by atoms with Gasteiger partial charge in [0, 0.05) is 7.57 Å². The molecule has 0 saturated carbocycles. The molecule has 17 heavy (non-hydrogen) atoms. The highest BCUT2D eigenvalue weighted by Crippen LogP contribution is 2.15. The summed E-state index contributed by atoms with van der Waals surface area (Å²) in [7, 11) is 3.91. The Labute approximate surface area is 103 Å². The van der Waals surface area contributed by atoms with Crippen LogP contribution in [0, 0.1) is 0 Å². The van der Waals surface area contributed by atoms with Crippen LogP contribution in [-0.4, -0.2) is 34.0 Å². The molecule has 1 unspecified atom stereocenters. The molecule has 0 bridgehead atoms. The molecule has 0 spiro atoms. The van der Waals surface area contributed by atoms with Gasteiger partial charge in [0.05, 0.1) is 6.20 Å². The molecule has 1 aromatic heterocycles. The van der Waals surface area contributed by atoms with Gasteiger partial charge in [-0.15, -0.1) is 5.10 Å². The second-order valence-corrected chi connectivity index (χ2v) is 4.19. The second kappa shape index (κ2) is 5.59. The van der Waals surface area contributed by atoms with E-state index in [-0.39, 0.29) is 12.6 Å². The quantitative estimate of drug-likeness (QED) is 0.789. The maximum absolute atomic E-state index is 8.34. The predicted molar refractivity (Wildman–Crippen MR) is 67.5 cm³/mol. The Morgan fingerprint density at radius 2 is 2.12 bits per heavy atom. The first-order chi connectivity index (χ1) is 8.68. The maximum Gasteiger partial charge on any atom is 0.105 e. The number of aromatic nitrogens is 3. The molecule has 0 aliphatic heterocycles. The summed E-state index contributed by atoms with van der Waals surface area (Å²) in [6.45, 7) is 0. The fourth-order valence-electron chi connectivity index (χ4n) is 1.77. The van der Waals surface area contributed by atoms with E-state index in [2.05, 4.69) is 22.4 Å². The molecular formula is C13H18N4. The summed E-state index contributed by atoms with van der Waals surface area (Å²) in [5.74, 6) is 0. The van der Waals surface area contributed by atoms with Crippen LogP contribution in [0.4, 0.5) is 0 Å². The Kier molecular flexibility index (Phi) is 3.44. The van der Waals surface area contributed by atoms with Crippen LogP contribution < -0.4 is 0 Å². The number of aryl methyl sites for hydroxylation is 1. The van der Waals surface area contributed by atoms with Gasteiger partial charge in [-0.05, 0) is 32.5 Å². The molecule has 90 valence electrons. The first-order valence-corrected chi connectivity index (χ1v) is 5.67. The molecule has 4 nitrogen and oxygen atoms in total. The molecule has 0 saturated heterocycles. The smallest absolute Gasteiger partial charge is 0.105 e. The summed E-state index contributed by atoms with van der Waals surface area (Å²) < 4.78 is 10.1. The van der Waals surface area contributed by atoms with Crippen molar-refractivity contribution in [3.63, 3.8) is 0 Å². The maximum atomic E-state index is 8.34. The summed E-state index contributed by atoms with van der Waals surface area (Å²) in [6, 6.07) is 10.1. The number of hydrogen-bond acceptors (Lipinski definition) is 3. The molecule has 0 amide bonds. The second-order valence-electron chi connectivity index (χ2n) is 4.19. The molecule has 0 radical (unpaired) electrons. The van der Waals surface area contributed by atoms with E-state index >= 15 is 0 Å². The van der Waals surface area contributed by atoms with Gasteiger partial charge in [-0.3, -0.25) is 4.90 Å². The van der Waals surface area contributed by atoms with Crippen molar-refractivity contribution in [3.05, 3.63) is 48.3 Å². The summed E-state index contributed by atoms with van der Waals surface area (Å²) in [5, 5.41) is 7.82. The van der Waals surface area contributed by atoms with Crippen molar-refractivity contribution in [2.75, 3.05) is 14.1 Å². The van der Waals surface area contributed by atoms with E-state index in [1.807, 2.05) is 37.2 Å². The molecule has 0 N–H and O–H groups in total. The highest BCUT2D eigenvalue weighted by molar-refractivity contribution is 5.14. The Morgan fingerprint density at radius 1 is 1.35 bits per heavy atom. The van der Waals surface area contributed by atoms with Crippen LogP contribution in [0.2, 0.25) is 0 Å². The van der Waals surface area contributed by atoms with Crippen LogP contribution >= 0.6 is 0 Å². The zero-order chi connectivity index (χ0) is 13.0. The number of hydrogen-bond donors (Lipinski definition) is 0. The van der Waals surface area contributed by atoms with E-state index in [0.717, 1.165) is 0 Å². The third kappa shape index (κ3) is 3.14. The van der Waals surface area contributed by atoms with Crippen molar-refractivity contribution in [1.82, 2.24) is 19.9 Å². The number of benzene rings is 1. The van der Waals surface area contributed by atoms with Crippen molar-refractivity contribution in [2.45, 2.75) is 19.0 Å². The van der Waals surface area contributed by atoms with E-state index in [9.17, 15) is 0 Å². The average Bonchev–Trinajstić information content (AvgIpc) is 2.83. The molecular weight excluding hydrogens is 212 g/mol. The molecule has 1 aromatic carbocycles. The summed E-state index contributed by atoms with van der Waals surface area (Å²) in [4.78, 5) is 2.00. The molecule has 0 aliphatic carbocycles. The van der Waals surface area contributed by atoms with Gasteiger partial charge < -0.3 is 0 Å². The number of rotatable bonds is 5. The summed E-state index contributed by atoms with van der Waals surface area (Å²) in [6.07, 6.45) is 3.75. The molecule has 4 heteroatoms. The monoisotopic (exact) mass is 231 g/mol. The van der Waals surface area contributed by atoms with Crippen LogP contribution in [0.3, 0.4) is 0 Å². The third-order valence-electron chi connectivity index (χ3n) is 2.65. The predicted octanol–water partition coefficient (Wildman–Crippen LogP) is 1.97. The minimum Gasteiger partial charge on any atom is -0.288 e. The largest absolute Gasteiger partial charge is 0.288 e. The van der Waals surface area contributed by atoms with E-state index < -0.39 is 0 Å². The third-order valence-corrected chi connectivity index (χ3v) is 2.65. The van der Waals surface area contributed by atoms with Gasteiger partial charge >= 0.3 is 0 Å². The Bertz CT molecular complexity index is 455. The topological polar surface area (TPSA) is 34.0 Å².